The van der Waals surface area contributed by atoms with Gasteiger partial charge in [0, 0.05) is 11.9 Å². The highest BCUT2D eigenvalue weighted by atomic mass is 32.1. The van der Waals surface area contributed by atoms with E-state index in [1.807, 2.05) is 13.8 Å². The number of hydrogen-bond donors (Lipinski definition) is 2. The molecule has 0 aliphatic rings. The van der Waals surface area contributed by atoms with E-state index in [9.17, 15) is 13.2 Å². The van der Waals surface area contributed by atoms with Gasteiger partial charge in [-0.1, -0.05) is 13.8 Å². The molecule has 1 aromatic heterocycles. The van der Waals surface area contributed by atoms with Crippen LogP contribution in [0.25, 0.3) is 0 Å². The van der Waals surface area contributed by atoms with Gasteiger partial charge in [-0.25, -0.2) is 9.98 Å². The second-order valence-corrected chi connectivity index (χ2v) is 5.04. The molecule has 0 spiro atoms. The van der Waals surface area contributed by atoms with E-state index < -0.39 is 11.9 Å². The van der Waals surface area contributed by atoms with Crippen LogP contribution in [0.2, 0.25) is 0 Å². The van der Waals surface area contributed by atoms with Crippen molar-refractivity contribution in [2.24, 2.45) is 16.6 Å². The number of aromatic nitrogens is 1. The minimum absolute atomic E-state index is 0.0532. The van der Waals surface area contributed by atoms with Crippen LogP contribution in [0.4, 0.5) is 13.2 Å². The van der Waals surface area contributed by atoms with Gasteiger partial charge >= 0.3 is 6.18 Å². The molecule has 3 N–H and O–H groups in total. The molecule has 0 bridgehead atoms. The second-order valence-electron chi connectivity index (χ2n) is 4.10. The Labute approximate surface area is 107 Å². The molecule has 1 heterocycles. The number of halogens is 3. The predicted octanol–water partition coefficient (Wildman–Crippen LogP) is 2.22. The van der Waals surface area contributed by atoms with Crippen LogP contribution in [0.1, 0.15) is 24.5 Å². The summed E-state index contributed by atoms with van der Waals surface area (Å²) < 4.78 is 36.8. The Hall–Kier alpha value is -1.31. The maximum Gasteiger partial charge on any atom is 0.434 e. The Morgan fingerprint density at radius 1 is 1.56 bits per heavy atom. The van der Waals surface area contributed by atoms with Crippen molar-refractivity contribution >= 4 is 17.3 Å². The van der Waals surface area contributed by atoms with E-state index in [1.54, 1.807) is 0 Å². The molecule has 0 aliphatic carbocycles. The van der Waals surface area contributed by atoms with Crippen LogP contribution in [0.3, 0.4) is 0 Å². The predicted molar refractivity (Wildman–Crippen MR) is 65.3 cm³/mol. The van der Waals surface area contributed by atoms with Crippen molar-refractivity contribution in [3.05, 3.63) is 16.1 Å². The molecule has 0 fully saturated rings. The molecule has 1 rings (SSSR count). The zero-order chi connectivity index (χ0) is 13.8. The number of nitrogens with two attached hydrogens (primary N) is 1. The number of hydrogen-bond acceptors (Lipinski definition) is 3. The average Bonchev–Trinajstić information content (AvgIpc) is 2.71. The lowest BCUT2D eigenvalue weighted by Crippen LogP contribution is -2.34. The van der Waals surface area contributed by atoms with Crippen LogP contribution in [-0.4, -0.2) is 17.5 Å². The van der Waals surface area contributed by atoms with Crippen LogP contribution >= 0.6 is 11.3 Å². The summed E-state index contributed by atoms with van der Waals surface area (Å²) in [6.45, 7) is 4.74. The topological polar surface area (TPSA) is 63.3 Å². The highest BCUT2D eigenvalue weighted by Crippen LogP contribution is 2.30. The van der Waals surface area contributed by atoms with Gasteiger partial charge in [-0.2, -0.15) is 13.2 Å². The number of rotatable bonds is 4. The van der Waals surface area contributed by atoms with Crippen LogP contribution < -0.4 is 11.1 Å². The van der Waals surface area contributed by atoms with Crippen LogP contribution in [-0.2, 0) is 12.7 Å². The third-order valence-electron chi connectivity index (χ3n) is 1.92. The number of alkyl halides is 3. The summed E-state index contributed by atoms with van der Waals surface area (Å²) in [5.41, 5.74) is 4.67. The van der Waals surface area contributed by atoms with Crippen molar-refractivity contribution in [2.45, 2.75) is 26.6 Å². The molecule has 0 amide bonds. The lowest BCUT2D eigenvalue weighted by atomic mass is 10.2. The fourth-order valence-corrected chi connectivity index (χ4v) is 1.76. The third-order valence-corrected chi connectivity index (χ3v) is 2.75. The van der Waals surface area contributed by atoms with E-state index in [1.165, 1.54) is 0 Å². The summed E-state index contributed by atoms with van der Waals surface area (Å²) in [6, 6.07) is 0. The highest BCUT2D eigenvalue weighted by Gasteiger charge is 2.33. The molecule has 8 heteroatoms. The maximum atomic E-state index is 12.3. The van der Waals surface area contributed by atoms with Crippen molar-refractivity contribution < 1.29 is 13.2 Å². The van der Waals surface area contributed by atoms with Crippen molar-refractivity contribution in [3.8, 4) is 0 Å². The van der Waals surface area contributed by atoms with Gasteiger partial charge in [-0.3, -0.25) is 0 Å². The summed E-state index contributed by atoms with van der Waals surface area (Å²) in [6.07, 6.45) is -4.40. The molecule has 0 unspecified atom stereocenters. The monoisotopic (exact) mass is 280 g/mol. The minimum Gasteiger partial charge on any atom is -0.370 e. The Morgan fingerprint density at radius 3 is 2.72 bits per heavy atom. The smallest absolute Gasteiger partial charge is 0.370 e. The molecule has 18 heavy (non-hydrogen) atoms. The summed E-state index contributed by atoms with van der Waals surface area (Å²) in [5.74, 6) is 0.628. The Kier molecular flexibility index (Phi) is 4.94. The number of aliphatic imine (C=N–C) groups is 1. The van der Waals surface area contributed by atoms with E-state index in [2.05, 4.69) is 15.3 Å². The quantitative estimate of drug-likeness (QED) is 0.656. The molecule has 0 aromatic carbocycles. The number of guanidine groups is 1. The molecule has 0 aliphatic heterocycles. The molecular weight excluding hydrogens is 265 g/mol. The SMILES string of the molecule is CC(C)CNC(N)=NCc1nc(C(F)(F)F)cs1. The van der Waals surface area contributed by atoms with Gasteiger partial charge in [0.1, 0.15) is 5.01 Å². The Bertz CT molecular complexity index is 412. The Balaban J connectivity index is 2.53. The first-order valence-corrected chi connectivity index (χ1v) is 6.22. The van der Waals surface area contributed by atoms with E-state index >= 15 is 0 Å². The van der Waals surface area contributed by atoms with Crippen molar-refractivity contribution in [1.29, 1.82) is 0 Å². The third kappa shape index (κ3) is 4.91. The van der Waals surface area contributed by atoms with Gasteiger partial charge in [0.05, 0.1) is 6.54 Å². The largest absolute Gasteiger partial charge is 0.434 e. The molecule has 1 aromatic rings. The second kappa shape index (κ2) is 6.03. The average molecular weight is 280 g/mol. The first kappa shape index (κ1) is 14.7. The zero-order valence-electron chi connectivity index (χ0n) is 10.1. The molecule has 0 atom stereocenters. The summed E-state index contributed by atoms with van der Waals surface area (Å²) in [7, 11) is 0. The molecule has 0 radical (unpaired) electrons. The van der Waals surface area contributed by atoms with Gasteiger partial charge in [0.15, 0.2) is 11.7 Å². The van der Waals surface area contributed by atoms with E-state index in [-0.39, 0.29) is 17.5 Å². The standard InChI is InChI=1S/C10H15F3N4S/c1-6(2)3-15-9(14)16-4-8-17-7(5-18-8)10(11,12)13/h5-6H,3-4H2,1-2H3,(H3,14,15,16). The molecule has 0 saturated heterocycles. The molecule has 0 saturated carbocycles. The zero-order valence-corrected chi connectivity index (χ0v) is 10.9. The summed E-state index contributed by atoms with van der Waals surface area (Å²) >= 11 is 0.921. The van der Waals surface area contributed by atoms with Crippen molar-refractivity contribution in [3.63, 3.8) is 0 Å². The van der Waals surface area contributed by atoms with E-state index in [0.29, 0.717) is 12.5 Å². The number of nitrogens with one attached hydrogen (secondary N) is 1. The maximum absolute atomic E-state index is 12.3. The lowest BCUT2D eigenvalue weighted by molar-refractivity contribution is -0.140. The van der Waals surface area contributed by atoms with Gasteiger partial charge in [0.25, 0.3) is 0 Å². The lowest BCUT2D eigenvalue weighted by Gasteiger charge is -2.07. The first-order chi connectivity index (χ1) is 8.29. The Morgan fingerprint density at radius 2 is 2.22 bits per heavy atom. The van der Waals surface area contributed by atoms with Crippen LogP contribution in [0.5, 0.6) is 0 Å². The van der Waals surface area contributed by atoms with Crippen molar-refractivity contribution in [1.82, 2.24) is 10.3 Å². The van der Waals surface area contributed by atoms with Gasteiger partial charge < -0.3 is 11.1 Å². The fourth-order valence-electron chi connectivity index (χ4n) is 1.03. The van der Waals surface area contributed by atoms with Gasteiger partial charge in [-0.15, -0.1) is 11.3 Å². The van der Waals surface area contributed by atoms with Crippen LogP contribution in [0, 0.1) is 5.92 Å². The minimum atomic E-state index is -4.40. The normalized spacial score (nSPS) is 13.1. The van der Waals surface area contributed by atoms with Gasteiger partial charge in [0.2, 0.25) is 0 Å². The fraction of sp³-hybridized carbons (Fsp3) is 0.600. The van der Waals surface area contributed by atoms with Crippen LogP contribution in [0.15, 0.2) is 10.4 Å². The summed E-state index contributed by atoms with van der Waals surface area (Å²) in [5, 5.41) is 4.14. The van der Waals surface area contributed by atoms with E-state index in [0.717, 1.165) is 16.7 Å². The van der Waals surface area contributed by atoms with Crippen molar-refractivity contribution in [2.75, 3.05) is 6.54 Å². The first-order valence-electron chi connectivity index (χ1n) is 5.34. The number of thiazole rings is 1. The van der Waals surface area contributed by atoms with Gasteiger partial charge in [-0.05, 0) is 5.92 Å². The molecule has 4 nitrogen and oxygen atoms in total. The molecular formula is C10H15F3N4S. The molecule has 102 valence electrons. The summed E-state index contributed by atoms with van der Waals surface area (Å²) in [4.78, 5) is 7.38. The highest BCUT2D eigenvalue weighted by molar-refractivity contribution is 7.09. The van der Waals surface area contributed by atoms with E-state index in [4.69, 9.17) is 5.73 Å². The number of nitrogens with zero attached hydrogens (tertiary/aromatic N) is 2.